The van der Waals surface area contributed by atoms with Crippen molar-refractivity contribution in [1.29, 1.82) is 0 Å². The summed E-state index contributed by atoms with van der Waals surface area (Å²) in [4.78, 5) is 92.2. The second kappa shape index (κ2) is 40.0. The van der Waals surface area contributed by atoms with Gasteiger partial charge in [-0.25, -0.2) is 24.5 Å². The minimum absolute atomic E-state index is 0.0403. The Kier molecular flexibility index (Phi) is 29.5. The van der Waals surface area contributed by atoms with Gasteiger partial charge in [0.1, 0.15) is 50.6 Å². The Bertz CT molecular complexity index is 4920. The zero-order valence-corrected chi connectivity index (χ0v) is 65.1. The van der Waals surface area contributed by atoms with Crippen molar-refractivity contribution in [3.05, 3.63) is 169 Å². The lowest BCUT2D eigenvalue weighted by Gasteiger charge is -2.33. The summed E-state index contributed by atoms with van der Waals surface area (Å²) in [6.45, 7) is 11.0. The van der Waals surface area contributed by atoms with E-state index >= 15 is 0 Å². The number of rotatable bonds is 20. The SMILES string of the molecule is CC(C)(C)OC(=O)N[C@H]1CCCC[C@H]1N.CC(C)(C)OC(=O)N[C@H]1CCCC[C@H]1Nc1ncc(C(N)=O)c(Nc2ccc(-c3ccno3)cc2)n1.ClCCl.NC(=O)c1cnc(N[C@@H]2CCCC[C@@H]2N)nc1Nc1ccc(-c2ccno2)cc1.NC(=O)c1cnc(On2nnc3ccccc32)nc1Nc1ccc(-c2ccno2)cc1. The number of carbonyl (C=O) groups excluding carboxylic acids is 5. The summed E-state index contributed by atoms with van der Waals surface area (Å²) in [5.41, 5.74) is 34.1. The predicted octanol–water partition coefficient (Wildman–Crippen LogP) is 12.6. The number of aromatic nitrogens is 12. The number of amides is 5. The van der Waals surface area contributed by atoms with E-state index in [2.05, 4.69) is 92.9 Å². The van der Waals surface area contributed by atoms with Crippen LogP contribution in [0, 0.1) is 0 Å². The highest BCUT2D eigenvalue weighted by Crippen LogP contribution is 2.31. The van der Waals surface area contributed by atoms with Gasteiger partial charge in [-0.15, -0.1) is 28.3 Å². The van der Waals surface area contributed by atoms with Crippen LogP contribution in [0.2, 0.25) is 0 Å². The summed E-state index contributed by atoms with van der Waals surface area (Å²) >= 11 is 9.53. The third-order valence-electron chi connectivity index (χ3n) is 17.7. The Morgan fingerprint density at radius 1 is 0.474 bits per heavy atom. The zero-order valence-electron chi connectivity index (χ0n) is 63.6. The van der Waals surface area contributed by atoms with E-state index in [9.17, 15) is 24.0 Å². The van der Waals surface area contributed by atoms with E-state index in [1.165, 1.54) is 23.4 Å². The van der Waals surface area contributed by atoms with Gasteiger partial charge in [0.2, 0.25) is 11.9 Å². The van der Waals surface area contributed by atoms with Gasteiger partial charge in [-0.05, 0) is 170 Å². The maximum Gasteiger partial charge on any atom is 0.407 e. The normalized spacial score (nSPS) is 17.1. The number of ether oxygens (including phenoxy) is 2. The topological polar surface area (TPSA) is 513 Å². The molecule has 3 aliphatic carbocycles. The molecule has 600 valence electrons. The molecule has 4 aromatic carbocycles. The van der Waals surface area contributed by atoms with Gasteiger partial charge in [0.05, 0.1) is 30.0 Å². The van der Waals surface area contributed by atoms with Crippen LogP contribution in [0.1, 0.15) is 150 Å². The molecule has 7 heterocycles. The lowest BCUT2D eigenvalue weighted by molar-refractivity contribution is 0.0475. The Labute approximate surface area is 666 Å². The third-order valence-corrected chi connectivity index (χ3v) is 17.7. The number of primary amides is 3. The van der Waals surface area contributed by atoms with E-state index in [1.807, 2.05) is 114 Å². The molecule has 17 N–H and O–H groups in total. The molecule has 0 saturated heterocycles. The molecule has 35 nitrogen and oxygen atoms in total. The largest absolute Gasteiger partial charge is 0.444 e. The number of para-hydroxylation sites is 1. The lowest BCUT2D eigenvalue weighted by Crippen LogP contribution is -2.50. The summed E-state index contributed by atoms with van der Waals surface area (Å²) in [6.07, 6.45) is 20.1. The van der Waals surface area contributed by atoms with Crippen LogP contribution in [0.5, 0.6) is 6.01 Å². The number of alkyl halides is 2. The van der Waals surface area contributed by atoms with E-state index in [4.69, 9.17) is 79.8 Å². The first kappa shape index (κ1) is 83.9. The zero-order chi connectivity index (χ0) is 81.3. The van der Waals surface area contributed by atoms with Crippen molar-refractivity contribution in [3.8, 4) is 40.0 Å². The summed E-state index contributed by atoms with van der Waals surface area (Å²) in [5.74, 6) is 1.57. The van der Waals surface area contributed by atoms with Gasteiger partial charge < -0.3 is 93.8 Å². The van der Waals surface area contributed by atoms with Crippen LogP contribution >= 0.6 is 23.2 Å². The Morgan fingerprint density at radius 3 is 1.25 bits per heavy atom. The fourth-order valence-electron chi connectivity index (χ4n) is 12.2. The average molecular weight is 1600 g/mol. The Hall–Kier alpha value is -12.6. The number of hydrogen-bond acceptors (Lipinski definition) is 29. The molecule has 0 unspecified atom stereocenters. The first-order chi connectivity index (χ1) is 54.7. The molecule has 3 aliphatic rings. The molecule has 0 bridgehead atoms. The number of anilines is 8. The monoisotopic (exact) mass is 1600 g/mol. The van der Waals surface area contributed by atoms with Crippen LogP contribution in [0.3, 0.4) is 0 Å². The molecule has 7 aromatic heterocycles. The predicted molar refractivity (Wildman–Crippen MR) is 430 cm³/mol. The summed E-state index contributed by atoms with van der Waals surface area (Å²) in [7, 11) is 0. The second-order valence-corrected chi connectivity index (χ2v) is 29.3. The Morgan fingerprint density at radius 2 is 0.842 bits per heavy atom. The molecule has 0 spiro atoms. The third kappa shape index (κ3) is 25.0. The van der Waals surface area contributed by atoms with Crippen molar-refractivity contribution in [1.82, 2.24) is 71.2 Å². The molecular weight excluding hydrogens is 1510 g/mol. The first-order valence-electron chi connectivity index (χ1n) is 36.7. The van der Waals surface area contributed by atoms with Crippen LogP contribution in [-0.4, -0.2) is 143 Å². The number of nitrogens with one attached hydrogen (secondary N) is 7. The molecular formula is C77H92Cl2N24O11. The fourth-order valence-corrected chi connectivity index (χ4v) is 12.2. The molecule has 3 fully saturated rings. The van der Waals surface area contributed by atoms with Gasteiger partial charge in [-0.1, -0.05) is 71.0 Å². The van der Waals surface area contributed by atoms with Crippen molar-refractivity contribution in [2.24, 2.45) is 28.7 Å². The molecule has 14 rings (SSSR count). The van der Waals surface area contributed by atoms with Gasteiger partial charge in [-0.3, -0.25) is 14.4 Å². The van der Waals surface area contributed by atoms with Crippen molar-refractivity contribution in [3.63, 3.8) is 0 Å². The number of halogens is 2. The second-order valence-electron chi connectivity index (χ2n) is 28.5. The fraction of sp³-hybridized carbons (Fsp3) is 0.351. The number of benzene rings is 4. The molecule has 114 heavy (non-hydrogen) atoms. The van der Waals surface area contributed by atoms with Crippen LogP contribution < -0.4 is 70.7 Å². The van der Waals surface area contributed by atoms with Gasteiger partial charge in [0, 0.05) is 101 Å². The van der Waals surface area contributed by atoms with Gasteiger partial charge in [0.25, 0.3) is 17.7 Å². The number of fused-ring (bicyclic) bond motifs is 1. The number of nitrogens with zero attached hydrogens (tertiary/aromatic N) is 12. The van der Waals surface area contributed by atoms with E-state index in [0.29, 0.717) is 57.4 Å². The molecule has 37 heteroatoms. The minimum Gasteiger partial charge on any atom is -0.444 e. The average Bonchev–Trinajstić information content (AvgIpc) is 1.79. The van der Waals surface area contributed by atoms with E-state index < -0.39 is 35.0 Å². The van der Waals surface area contributed by atoms with Crippen molar-refractivity contribution < 1.29 is 51.9 Å². The summed E-state index contributed by atoms with van der Waals surface area (Å²) < 4.78 is 26.1. The highest BCUT2D eigenvalue weighted by Gasteiger charge is 2.31. The molecule has 0 radical (unpaired) electrons. The van der Waals surface area contributed by atoms with E-state index in [-0.39, 0.29) is 82.0 Å². The van der Waals surface area contributed by atoms with E-state index in [1.54, 1.807) is 61.1 Å². The molecule has 0 aliphatic heterocycles. The lowest BCUT2D eigenvalue weighted by atomic mass is 9.90. The molecule has 3 saturated carbocycles. The maximum absolute atomic E-state index is 12.3. The standard InChI is InChI=1S/C25H31N7O4.C20H14N8O3.C20H23N7O2.C11H22N2O2.CH2Cl2/c1-25(2,3)35-24(34)31-19-7-5-4-6-18(19)30-23-27-14-17(21(26)33)22(32-23)29-16-10-8-15(9-11-16)20-12-13-28-36-20;21-18(29)14-11-22-20(31-28-16-4-2-1-3-15(16)26-27-28)25-19(14)24-13-7-5-12(6-8-13)17-9-10-23-30-17;21-15-3-1-2-4-16(15)26-20-23-11-14(18(22)28)19(27-20)25-13-7-5-12(6-8-13)17-9-10-24-29-17;1-11(2,3)15-10(14)13-9-7-5-4-6-8(9)12;2-1-3/h8-14,18-19H,4-7H2,1-3H3,(H2,26,33)(H,31,34)(H2,27,29,30,32);1-11H,(H2,21,29)(H,22,24,25);5-11,15-16H,1-4,21H2,(H2,22,28)(H2,23,25,26,27);8-9H,4-7,12H2,1-3H3,(H,13,14);1H2/t18-,19+;;15-,16+;8-,9+;/m1.01./s1. The highest BCUT2D eigenvalue weighted by molar-refractivity contribution is 6.40. The molecule has 6 atom stereocenters. The quantitative estimate of drug-likeness (QED) is 0.0315. The van der Waals surface area contributed by atoms with Crippen LogP contribution in [0.15, 0.2) is 166 Å². The van der Waals surface area contributed by atoms with Crippen molar-refractivity contribution >= 4 is 111 Å². The molecule has 5 amide bonds. The van der Waals surface area contributed by atoms with Crippen LogP contribution in [0.25, 0.3) is 45.0 Å². The Balaban J connectivity index is 0.000000164. The van der Waals surface area contributed by atoms with Crippen LogP contribution in [-0.2, 0) is 9.47 Å². The van der Waals surface area contributed by atoms with Crippen molar-refractivity contribution in [2.45, 2.75) is 166 Å². The van der Waals surface area contributed by atoms with Crippen molar-refractivity contribution in [2.75, 3.05) is 31.9 Å². The number of hydrogen-bond donors (Lipinski definition) is 12. The number of carbonyl (C=O) groups is 5. The smallest absolute Gasteiger partial charge is 0.407 e. The summed E-state index contributed by atoms with van der Waals surface area (Å²) in [5, 5.41) is 41.0. The molecule has 11 aromatic rings. The highest BCUT2D eigenvalue weighted by atomic mass is 35.5. The number of nitrogens with two attached hydrogens (primary N) is 5. The minimum atomic E-state index is -0.682. The van der Waals surface area contributed by atoms with Gasteiger partial charge in [-0.2, -0.15) is 15.0 Å². The van der Waals surface area contributed by atoms with Crippen LogP contribution in [0.4, 0.5) is 56.0 Å². The maximum atomic E-state index is 12.3. The number of alkyl carbamates (subject to hydrolysis) is 2. The first-order valence-corrected chi connectivity index (χ1v) is 37.8. The summed E-state index contributed by atoms with van der Waals surface area (Å²) in [6, 6.07) is 34.8. The van der Waals surface area contributed by atoms with Gasteiger partial charge in [0.15, 0.2) is 23.1 Å². The van der Waals surface area contributed by atoms with E-state index in [0.717, 1.165) is 99.4 Å². The van der Waals surface area contributed by atoms with Gasteiger partial charge >= 0.3 is 18.2 Å².